The molecule has 4 aliphatic rings. The van der Waals surface area contributed by atoms with Gasteiger partial charge in [-0.15, -0.1) is 0 Å². The highest BCUT2D eigenvalue weighted by Gasteiger charge is 2.54. The number of ketones is 1. The molecule has 1 N–H and O–H groups in total. The first-order valence-corrected chi connectivity index (χ1v) is 11.0. The molecule has 2 atom stereocenters. The third kappa shape index (κ3) is 2.76. The summed E-state index contributed by atoms with van der Waals surface area (Å²) in [6, 6.07) is 8.04. The molecule has 2 aromatic carbocycles. The highest BCUT2D eigenvalue weighted by molar-refractivity contribution is 6.30. The summed E-state index contributed by atoms with van der Waals surface area (Å²) in [5, 5.41) is 10.9. The van der Waals surface area contributed by atoms with E-state index in [0.717, 1.165) is 31.2 Å². The SMILES string of the molecule is CCc1ccc(-c2ccc(Cl)c(F)c2F)cc1C1=C(O)[C@H]2[C@H]3CC[C@H](CC3)[C@H]2C1=O. The van der Waals surface area contributed by atoms with Gasteiger partial charge in [0.25, 0.3) is 0 Å². The fourth-order valence-corrected chi connectivity index (χ4v) is 6.13. The van der Waals surface area contributed by atoms with E-state index >= 15 is 0 Å². The molecule has 4 aliphatic carbocycles. The van der Waals surface area contributed by atoms with Gasteiger partial charge >= 0.3 is 0 Å². The quantitative estimate of drug-likeness (QED) is 0.549. The largest absolute Gasteiger partial charge is 0.511 e. The Morgan fingerprint density at radius 2 is 1.63 bits per heavy atom. The van der Waals surface area contributed by atoms with Crippen LogP contribution in [0.1, 0.15) is 43.7 Å². The number of carbonyl (C=O) groups is 1. The van der Waals surface area contributed by atoms with Crippen molar-refractivity contribution < 1.29 is 18.7 Å². The molecule has 0 radical (unpaired) electrons. The van der Waals surface area contributed by atoms with Gasteiger partial charge < -0.3 is 5.11 Å². The van der Waals surface area contributed by atoms with Gasteiger partial charge in [0, 0.05) is 17.4 Å². The smallest absolute Gasteiger partial charge is 0.178 e. The third-order valence-electron chi connectivity index (χ3n) is 7.45. The van der Waals surface area contributed by atoms with Crippen LogP contribution in [0.4, 0.5) is 8.78 Å². The molecule has 3 saturated carbocycles. The Balaban J connectivity index is 1.65. The van der Waals surface area contributed by atoms with Crippen molar-refractivity contribution in [2.75, 3.05) is 0 Å². The van der Waals surface area contributed by atoms with Crippen LogP contribution >= 0.6 is 11.6 Å². The van der Waals surface area contributed by atoms with Gasteiger partial charge in [0.2, 0.25) is 0 Å². The molecule has 2 nitrogen and oxygen atoms in total. The second-order valence-corrected chi connectivity index (χ2v) is 9.21. The lowest BCUT2D eigenvalue weighted by atomic mass is 9.59. The van der Waals surface area contributed by atoms with E-state index in [-0.39, 0.29) is 34.0 Å². The van der Waals surface area contributed by atoms with Crippen LogP contribution in [-0.4, -0.2) is 10.9 Å². The molecule has 2 aromatic rings. The van der Waals surface area contributed by atoms with Gasteiger partial charge in [-0.3, -0.25) is 4.79 Å². The van der Waals surface area contributed by atoms with E-state index in [1.165, 1.54) is 12.1 Å². The maximum Gasteiger partial charge on any atom is 0.178 e. The van der Waals surface area contributed by atoms with Gasteiger partial charge in [-0.25, -0.2) is 8.78 Å². The second kappa shape index (κ2) is 7.19. The number of hydrogen-bond acceptors (Lipinski definition) is 2. The molecule has 3 fully saturated rings. The summed E-state index contributed by atoms with van der Waals surface area (Å²) in [5.74, 6) is -1.41. The number of aryl methyl sites for hydroxylation is 1. The summed E-state index contributed by atoms with van der Waals surface area (Å²) in [6.07, 6.45) is 4.89. The normalized spacial score (nSPS) is 27.7. The molecule has 0 saturated heterocycles. The lowest BCUT2D eigenvalue weighted by Crippen LogP contribution is -2.41. The first-order chi connectivity index (χ1) is 14.4. The predicted molar refractivity (Wildman–Crippen MR) is 113 cm³/mol. The number of allylic oxidation sites excluding steroid dienone is 2. The number of rotatable bonds is 3. The Morgan fingerprint density at radius 3 is 2.27 bits per heavy atom. The van der Waals surface area contributed by atoms with Crippen LogP contribution in [0.2, 0.25) is 5.02 Å². The summed E-state index contributed by atoms with van der Waals surface area (Å²) in [6.45, 7) is 1.98. The van der Waals surface area contributed by atoms with Gasteiger partial charge in [0.1, 0.15) is 5.76 Å². The highest BCUT2D eigenvalue weighted by atomic mass is 35.5. The number of carbonyl (C=O) groups excluding carboxylic acids is 1. The molecule has 0 heterocycles. The fraction of sp³-hybridized carbons (Fsp3) is 0.400. The summed E-state index contributed by atoms with van der Waals surface area (Å²) in [5.41, 5.74) is 2.48. The average Bonchev–Trinajstić information content (AvgIpc) is 3.05. The lowest BCUT2D eigenvalue weighted by molar-refractivity contribution is -0.123. The van der Waals surface area contributed by atoms with E-state index in [2.05, 4.69) is 0 Å². The minimum absolute atomic E-state index is 0.0153. The minimum atomic E-state index is -1.09. The first-order valence-electron chi connectivity index (χ1n) is 10.7. The Labute approximate surface area is 179 Å². The monoisotopic (exact) mass is 428 g/mol. The number of halogens is 3. The van der Waals surface area contributed by atoms with E-state index < -0.39 is 11.6 Å². The number of aliphatic hydroxyl groups excluding tert-OH is 1. The molecular weight excluding hydrogens is 406 g/mol. The Kier molecular flexibility index (Phi) is 4.73. The van der Waals surface area contributed by atoms with Crippen molar-refractivity contribution in [3.63, 3.8) is 0 Å². The summed E-state index contributed by atoms with van der Waals surface area (Å²) < 4.78 is 28.6. The molecule has 0 amide bonds. The standard InChI is InChI=1S/C25H23ClF2O2/c1-2-12-3-8-15(16-9-10-18(26)23(28)22(16)27)11-17(12)21-24(29)19-13-4-5-14(7-6-13)20(19)25(21)30/h3,8-11,13-14,19-20,29H,2,4-7H2,1H3/t13-,14+,19-,20+/m0/s1. The van der Waals surface area contributed by atoms with Crippen LogP contribution in [0.25, 0.3) is 16.7 Å². The van der Waals surface area contributed by atoms with Crippen molar-refractivity contribution in [2.45, 2.75) is 39.0 Å². The molecule has 30 heavy (non-hydrogen) atoms. The molecular formula is C25H23ClF2O2. The van der Waals surface area contributed by atoms with E-state index in [4.69, 9.17) is 11.6 Å². The van der Waals surface area contributed by atoms with Crippen molar-refractivity contribution in [1.82, 2.24) is 0 Å². The molecule has 2 bridgehead atoms. The molecule has 0 unspecified atom stereocenters. The molecule has 5 heteroatoms. The zero-order valence-electron chi connectivity index (χ0n) is 16.7. The average molecular weight is 429 g/mol. The lowest BCUT2D eigenvalue weighted by Gasteiger charge is -2.44. The van der Waals surface area contributed by atoms with E-state index in [0.29, 0.717) is 35.0 Å². The maximum atomic E-state index is 14.6. The number of Topliss-reactive ketones (excluding diaryl/α,β-unsaturated/α-hetero) is 1. The first kappa shape index (κ1) is 19.7. The Morgan fingerprint density at radius 1 is 0.967 bits per heavy atom. The second-order valence-electron chi connectivity index (χ2n) is 8.80. The van der Waals surface area contributed by atoms with Crippen LogP contribution in [0.3, 0.4) is 0 Å². The summed E-state index contributed by atoms with van der Waals surface area (Å²) in [7, 11) is 0. The van der Waals surface area contributed by atoms with Crippen molar-refractivity contribution in [3.8, 4) is 11.1 Å². The number of benzene rings is 2. The van der Waals surface area contributed by atoms with Crippen LogP contribution in [-0.2, 0) is 11.2 Å². The van der Waals surface area contributed by atoms with Crippen molar-refractivity contribution >= 4 is 23.0 Å². The molecule has 6 rings (SSSR count). The van der Waals surface area contributed by atoms with Crippen LogP contribution < -0.4 is 0 Å². The maximum absolute atomic E-state index is 14.6. The highest BCUT2D eigenvalue weighted by Crippen LogP contribution is 2.57. The Bertz CT molecular complexity index is 1080. The van der Waals surface area contributed by atoms with Crippen LogP contribution in [0.5, 0.6) is 0 Å². The number of aliphatic hydroxyl groups is 1. The molecule has 156 valence electrons. The van der Waals surface area contributed by atoms with Gasteiger partial charge in [-0.2, -0.15) is 0 Å². The van der Waals surface area contributed by atoms with E-state index in [1.807, 2.05) is 13.0 Å². The van der Waals surface area contributed by atoms with Gasteiger partial charge in [-0.05, 0) is 78.8 Å². The Hall–Kier alpha value is -2.20. The summed E-state index contributed by atoms with van der Waals surface area (Å²) in [4.78, 5) is 13.5. The number of fused-ring (bicyclic) bond motifs is 2. The molecule has 0 spiro atoms. The predicted octanol–water partition coefficient (Wildman–Crippen LogP) is 6.75. The van der Waals surface area contributed by atoms with Crippen molar-refractivity contribution in [3.05, 3.63) is 63.9 Å². The van der Waals surface area contributed by atoms with Crippen LogP contribution in [0, 0.1) is 35.3 Å². The van der Waals surface area contributed by atoms with Gasteiger partial charge in [0.05, 0.1) is 10.6 Å². The molecule has 0 aromatic heterocycles. The zero-order chi connectivity index (χ0) is 21.2. The van der Waals surface area contributed by atoms with Crippen molar-refractivity contribution in [1.29, 1.82) is 0 Å². The third-order valence-corrected chi connectivity index (χ3v) is 7.74. The minimum Gasteiger partial charge on any atom is -0.511 e. The topological polar surface area (TPSA) is 37.3 Å². The van der Waals surface area contributed by atoms with E-state index in [9.17, 15) is 18.7 Å². The van der Waals surface area contributed by atoms with Crippen LogP contribution in [0.15, 0.2) is 36.1 Å². The molecule has 0 aliphatic heterocycles. The zero-order valence-corrected chi connectivity index (χ0v) is 17.5. The van der Waals surface area contributed by atoms with Crippen molar-refractivity contribution in [2.24, 2.45) is 23.7 Å². The number of hydrogen-bond donors (Lipinski definition) is 1. The fourth-order valence-electron chi connectivity index (χ4n) is 5.98. The summed E-state index contributed by atoms with van der Waals surface area (Å²) >= 11 is 5.70. The van der Waals surface area contributed by atoms with E-state index in [1.54, 1.807) is 12.1 Å². The van der Waals surface area contributed by atoms with Gasteiger partial charge in [-0.1, -0.05) is 30.7 Å². The van der Waals surface area contributed by atoms with Gasteiger partial charge in [0.15, 0.2) is 17.4 Å².